The van der Waals surface area contributed by atoms with Gasteiger partial charge in [0.15, 0.2) is 5.78 Å². The lowest BCUT2D eigenvalue weighted by Gasteiger charge is -2.10. The maximum atomic E-state index is 12.1. The fourth-order valence-electron chi connectivity index (χ4n) is 2.24. The minimum absolute atomic E-state index is 0.0315. The van der Waals surface area contributed by atoms with E-state index in [4.69, 9.17) is 11.6 Å². The van der Waals surface area contributed by atoms with E-state index in [2.05, 4.69) is 20.5 Å². The molecule has 1 aromatic carbocycles. The van der Waals surface area contributed by atoms with Gasteiger partial charge in [-0.25, -0.2) is 0 Å². The minimum atomic E-state index is -0.503. The van der Waals surface area contributed by atoms with Crippen LogP contribution < -0.4 is 0 Å². The second-order valence-electron chi connectivity index (χ2n) is 4.58. The molecule has 2 rings (SSSR count). The summed E-state index contributed by atoms with van der Waals surface area (Å²) in [6, 6.07) is 9.90. The van der Waals surface area contributed by atoms with Crippen LogP contribution in [-0.4, -0.2) is 15.7 Å². The number of Topliss-reactive ketones (excluding diaryl/α,β-unsaturated/α-hetero) is 1. The smallest absolute Gasteiger partial charge is 0.182 e. The van der Waals surface area contributed by atoms with Gasteiger partial charge in [-0.3, -0.25) is 4.79 Å². The first-order chi connectivity index (χ1) is 8.91. The number of nitrogens with zero attached hydrogens (tertiary/aromatic N) is 1. The number of ketones is 1. The molecular formula is C15H15BrClNO. The van der Waals surface area contributed by atoms with Gasteiger partial charge < -0.3 is 4.57 Å². The molecule has 1 heterocycles. The topological polar surface area (TPSA) is 22.0 Å². The molecule has 1 unspecified atom stereocenters. The first-order valence-electron chi connectivity index (χ1n) is 6.05. The molecule has 0 aliphatic rings. The molecule has 1 aromatic heterocycles. The van der Waals surface area contributed by atoms with Gasteiger partial charge in [0.25, 0.3) is 0 Å². The van der Waals surface area contributed by atoms with Crippen LogP contribution in [0.2, 0.25) is 0 Å². The molecule has 0 aliphatic heterocycles. The van der Waals surface area contributed by atoms with Crippen LogP contribution in [0.15, 0.2) is 34.8 Å². The lowest BCUT2D eigenvalue weighted by atomic mass is 10.1. The van der Waals surface area contributed by atoms with Gasteiger partial charge in [-0.15, -0.1) is 11.6 Å². The van der Waals surface area contributed by atoms with E-state index in [0.29, 0.717) is 5.56 Å². The van der Waals surface area contributed by atoms with E-state index in [-0.39, 0.29) is 5.78 Å². The Bertz CT molecular complexity index is 631. The van der Waals surface area contributed by atoms with Crippen molar-refractivity contribution in [3.63, 3.8) is 0 Å². The summed E-state index contributed by atoms with van der Waals surface area (Å²) in [7, 11) is 0. The summed E-state index contributed by atoms with van der Waals surface area (Å²) in [5.74, 6) is -0.0315. The maximum absolute atomic E-state index is 12.1. The predicted octanol–water partition coefficient (Wildman–Crippen LogP) is 4.67. The molecule has 19 heavy (non-hydrogen) atoms. The molecule has 0 radical (unpaired) electrons. The largest absolute Gasteiger partial charge is 0.318 e. The van der Waals surface area contributed by atoms with Gasteiger partial charge in [0.2, 0.25) is 0 Å². The quantitative estimate of drug-likeness (QED) is 0.588. The second kappa shape index (κ2) is 5.51. The molecule has 0 saturated carbocycles. The van der Waals surface area contributed by atoms with Crippen LogP contribution in [0.3, 0.4) is 0 Å². The molecule has 0 amide bonds. The number of rotatable bonds is 3. The van der Waals surface area contributed by atoms with Gasteiger partial charge in [-0.1, -0.05) is 22.0 Å². The van der Waals surface area contributed by atoms with E-state index < -0.39 is 5.38 Å². The molecule has 0 saturated heterocycles. The molecule has 0 bridgehead atoms. The first-order valence-corrected chi connectivity index (χ1v) is 7.28. The third kappa shape index (κ3) is 2.77. The Morgan fingerprint density at radius 1 is 1.32 bits per heavy atom. The summed E-state index contributed by atoms with van der Waals surface area (Å²) < 4.78 is 3.08. The highest BCUT2D eigenvalue weighted by atomic mass is 79.9. The highest BCUT2D eigenvalue weighted by molar-refractivity contribution is 9.10. The fourth-order valence-corrected chi connectivity index (χ4v) is 2.74. The van der Waals surface area contributed by atoms with E-state index in [1.165, 1.54) is 0 Å². The Hall–Kier alpha value is -1.06. The van der Waals surface area contributed by atoms with Gasteiger partial charge in [0.1, 0.15) is 0 Å². The summed E-state index contributed by atoms with van der Waals surface area (Å²) in [5, 5.41) is -0.503. The molecular weight excluding hydrogens is 326 g/mol. The van der Waals surface area contributed by atoms with Gasteiger partial charge in [-0.2, -0.15) is 0 Å². The van der Waals surface area contributed by atoms with Gasteiger partial charge >= 0.3 is 0 Å². The highest BCUT2D eigenvalue weighted by Crippen LogP contribution is 2.24. The Morgan fingerprint density at radius 2 is 2.00 bits per heavy atom. The zero-order chi connectivity index (χ0) is 14.2. The van der Waals surface area contributed by atoms with E-state index in [1.807, 2.05) is 44.2 Å². The van der Waals surface area contributed by atoms with Crippen molar-refractivity contribution in [2.45, 2.75) is 26.1 Å². The number of alkyl halides is 1. The average molecular weight is 341 g/mol. The molecule has 0 spiro atoms. The fraction of sp³-hybridized carbons (Fsp3) is 0.267. The van der Waals surface area contributed by atoms with Crippen molar-refractivity contribution in [1.29, 1.82) is 0 Å². The molecule has 4 heteroatoms. The van der Waals surface area contributed by atoms with Crippen molar-refractivity contribution in [2.75, 3.05) is 0 Å². The molecule has 0 fully saturated rings. The number of halogens is 2. The van der Waals surface area contributed by atoms with Crippen LogP contribution in [0.25, 0.3) is 5.69 Å². The number of hydrogen-bond acceptors (Lipinski definition) is 1. The standard InChI is InChI=1S/C15H15BrClNO/c1-9-7-14(15(19)10(2)17)11(3)18(9)13-6-4-5-12(16)8-13/h4-8,10H,1-3H3. The summed E-state index contributed by atoms with van der Waals surface area (Å²) >= 11 is 9.37. The van der Waals surface area contributed by atoms with Crippen molar-refractivity contribution >= 4 is 33.3 Å². The lowest BCUT2D eigenvalue weighted by Crippen LogP contribution is -2.11. The van der Waals surface area contributed by atoms with E-state index in [0.717, 1.165) is 21.5 Å². The van der Waals surface area contributed by atoms with Gasteiger partial charge in [-0.05, 0) is 45.0 Å². The maximum Gasteiger partial charge on any atom is 0.182 e. The van der Waals surface area contributed by atoms with Crippen molar-refractivity contribution < 1.29 is 4.79 Å². The van der Waals surface area contributed by atoms with Gasteiger partial charge in [0, 0.05) is 27.1 Å². The van der Waals surface area contributed by atoms with Crippen LogP contribution in [0.5, 0.6) is 0 Å². The number of hydrogen-bond donors (Lipinski definition) is 0. The van der Waals surface area contributed by atoms with Crippen LogP contribution in [0.1, 0.15) is 28.7 Å². The summed E-state index contributed by atoms with van der Waals surface area (Å²) in [5.41, 5.74) is 3.68. The van der Waals surface area contributed by atoms with E-state index in [1.54, 1.807) is 6.92 Å². The SMILES string of the molecule is Cc1cc(C(=O)C(C)Cl)c(C)n1-c1cccc(Br)c1. The summed E-state index contributed by atoms with van der Waals surface area (Å²) in [6.07, 6.45) is 0. The zero-order valence-electron chi connectivity index (χ0n) is 11.1. The molecule has 100 valence electrons. The third-order valence-electron chi connectivity index (χ3n) is 3.12. The summed E-state index contributed by atoms with van der Waals surface area (Å²) in [6.45, 7) is 5.64. The zero-order valence-corrected chi connectivity index (χ0v) is 13.4. The Labute approximate surface area is 126 Å². The predicted molar refractivity (Wildman–Crippen MR) is 82.6 cm³/mol. The second-order valence-corrected chi connectivity index (χ2v) is 6.15. The van der Waals surface area contributed by atoms with E-state index >= 15 is 0 Å². The van der Waals surface area contributed by atoms with Crippen molar-refractivity contribution in [3.05, 3.63) is 51.8 Å². The van der Waals surface area contributed by atoms with Crippen LogP contribution in [-0.2, 0) is 0 Å². The van der Waals surface area contributed by atoms with Crippen molar-refractivity contribution in [2.24, 2.45) is 0 Å². The molecule has 2 nitrogen and oxygen atoms in total. The first kappa shape index (κ1) is 14.4. The number of benzene rings is 1. The molecule has 2 aromatic rings. The van der Waals surface area contributed by atoms with Crippen molar-refractivity contribution in [1.82, 2.24) is 4.57 Å². The normalized spacial score (nSPS) is 12.5. The number of aryl methyl sites for hydroxylation is 1. The van der Waals surface area contributed by atoms with Crippen molar-refractivity contribution in [3.8, 4) is 5.69 Å². The number of aromatic nitrogens is 1. The average Bonchev–Trinajstić information content (AvgIpc) is 2.63. The molecule has 0 aliphatic carbocycles. The molecule has 1 atom stereocenters. The molecule has 0 N–H and O–H groups in total. The number of carbonyl (C=O) groups excluding carboxylic acids is 1. The Kier molecular flexibility index (Phi) is 4.16. The van der Waals surface area contributed by atoms with Crippen LogP contribution >= 0.6 is 27.5 Å². The minimum Gasteiger partial charge on any atom is -0.318 e. The highest BCUT2D eigenvalue weighted by Gasteiger charge is 2.19. The monoisotopic (exact) mass is 339 g/mol. The summed E-state index contributed by atoms with van der Waals surface area (Å²) in [4.78, 5) is 12.1. The lowest BCUT2D eigenvalue weighted by molar-refractivity contribution is 0.0991. The Balaban J connectivity index is 2.57. The van der Waals surface area contributed by atoms with Crippen LogP contribution in [0, 0.1) is 13.8 Å². The van der Waals surface area contributed by atoms with Crippen LogP contribution in [0.4, 0.5) is 0 Å². The Morgan fingerprint density at radius 3 is 2.58 bits per heavy atom. The van der Waals surface area contributed by atoms with Gasteiger partial charge in [0.05, 0.1) is 5.38 Å². The number of carbonyl (C=O) groups is 1. The third-order valence-corrected chi connectivity index (χ3v) is 3.82. The van der Waals surface area contributed by atoms with E-state index in [9.17, 15) is 4.79 Å².